The highest BCUT2D eigenvalue weighted by Crippen LogP contribution is 2.27. The van der Waals surface area contributed by atoms with Gasteiger partial charge in [0.1, 0.15) is 11.8 Å². The highest BCUT2D eigenvalue weighted by molar-refractivity contribution is 6.16. The van der Waals surface area contributed by atoms with Gasteiger partial charge < -0.3 is 5.32 Å². The van der Waals surface area contributed by atoms with Crippen LogP contribution in [0.3, 0.4) is 0 Å². The number of carbonyl (C=O) groups excluding carboxylic acids is 1. The molecule has 6 nitrogen and oxygen atoms in total. The molecule has 1 aliphatic heterocycles. The number of aryl methyl sites for hydroxylation is 1. The van der Waals surface area contributed by atoms with Crippen molar-refractivity contribution in [3.63, 3.8) is 0 Å². The maximum Gasteiger partial charge on any atom is 0.274 e. The minimum atomic E-state index is -0.297. The Bertz CT molecular complexity index is 1240. The lowest BCUT2D eigenvalue weighted by Crippen LogP contribution is -2.17. The van der Waals surface area contributed by atoms with Gasteiger partial charge in [-0.2, -0.15) is 5.26 Å². The summed E-state index contributed by atoms with van der Waals surface area (Å²) in [7, 11) is 0. The number of fused-ring (bicyclic) bond motifs is 1. The van der Waals surface area contributed by atoms with Crippen LogP contribution >= 0.6 is 0 Å². The highest BCUT2D eigenvalue weighted by atomic mass is 16.1. The van der Waals surface area contributed by atoms with Gasteiger partial charge in [0, 0.05) is 34.9 Å². The van der Waals surface area contributed by atoms with Crippen LogP contribution in [0.25, 0.3) is 0 Å². The van der Waals surface area contributed by atoms with E-state index in [1.807, 2.05) is 37.4 Å². The number of nitrogens with one attached hydrogen (secondary N) is 1. The Morgan fingerprint density at radius 2 is 2.00 bits per heavy atom. The summed E-state index contributed by atoms with van der Waals surface area (Å²) >= 11 is 0. The SMILES string of the molecule is CCc1cc(C2=NCc3ccc(NC(=O)c4ncc(C#N)c(C)c4C)cc32)ccn1. The smallest absolute Gasteiger partial charge is 0.274 e. The average Bonchev–Trinajstić information content (AvgIpc) is 3.19. The predicted molar refractivity (Wildman–Crippen MR) is 116 cm³/mol. The largest absolute Gasteiger partial charge is 0.321 e. The van der Waals surface area contributed by atoms with E-state index in [0.717, 1.165) is 40.1 Å². The molecule has 3 aromatic rings. The van der Waals surface area contributed by atoms with E-state index in [2.05, 4.69) is 34.3 Å². The number of rotatable bonds is 4. The summed E-state index contributed by atoms with van der Waals surface area (Å²) in [6, 6.07) is 12.0. The molecular formula is C24H21N5O. The first-order valence-electron chi connectivity index (χ1n) is 9.82. The van der Waals surface area contributed by atoms with E-state index >= 15 is 0 Å². The molecule has 0 atom stereocenters. The maximum atomic E-state index is 12.8. The molecule has 0 radical (unpaired) electrons. The standard InChI is InChI=1S/C24H21N5O/c1-4-19-9-16(7-8-26-19)23-21-10-20(6-5-17(21)12-28-23)29-24(30)22-15(3)14(2)18(11-25)13-27-22/h5-10,13H,4,12H2,1-3H3,(H,29,30). The van der Waals surface area contributed by atoms with Crippen LogP contribution in [0.5, 0.6) is 0 Å². The normalized spacial score (nSPS) is 12.1. The second-order valence-electron chi connectivity index (χ2n) is 7.26. The number of aromatic nitrogens is 2. The lowest BCUT2D eigenvalue weighted by Gasteiger charge is -2.11. The zero-order valence-corrected chi connectivity index (χ0v) is 17.2. The topological polar surface area (TPSA) is 91.0 Å². The van der Waals surface area contributed by atoms with Gasteiger partial charge in [0.2, 0.25) is 0 Å². The maximum absolute atomic E-state index is 12.8. The Morgan fingerprint density at radius 3 is 2.77 bits per heavy atom. The molecule has 0 bridgehead atoms. The van der Waals surface area contributed by atoms with Crippen LogP contribution in [0.1, 0.15) is 56.5 Å². The Kier molecular flexibility index (Phi) is 5.11. The second-order valence-corrected chi connectivity index (χ2v) is 7.26. The molecule has 1 amide bonds. The molecule has 2 aromatic heterocycles. The number of aliphatic imine (C=N–C) groups is 1. The molecule has 0 saturated carbocycles. The molecule has 1 N–H and O–H groups in total. The van der Waals surface area contributed by atoms with Crippen LogP contribution in [0.15, 0.2) is 47.7 Å². The number of nitrogens with zero attached hydrogens (tertiary/aromatic N) is 4. The lowest BCUT2D eigenvalue weighted by atomic mass is 9.99. The van der Waals surface area contributed by atoms with Crippen LogP contribution in [-0.2, 0) is 13.0 Å². The third-order valence-electron chi connectivity index (χ3n) is 5.46. The molecule has 148 valence electrons. The number of pyridine rings is 2. The molecule has 0 aliphatic carbocycles. The minimum Gasteiger partial charge on any atom is -0.321 e. The second kappa shape index (κ2) is 7.88. The van der Waals surface area contributed by atoms with Crippen molar-refractivity contribution in [1.29, 1.82) is 5.26 Å². The minimum absolute atomic E-state index is 0.297. The zero-order valence-electron chi connectivity index (χ0n) is 17.2. The number of hydrogen-bond acceptors (Lipinski definition) is 5. The predicted octanol–water partition coefficient (Wildman–Crippen LogP) is 4.13. The summed E-state index contributed by atoms with van der Waals surface area (Å²) in [4.78, 5) is 26.1. The van der Waals surface area contributed by atoms with Crippen molar-refractivity contribution in [3.05, 3.63) is 87.5 Å². The van der Waals surface area contributed by atoms with Crippen LogP contribution in [-0.4, -0.2) is 21.6 Å². The van der Waals surface area contributed by atoms with Crippen molar-refractivity contribution in [2.75, 3.05) is 5.32 Å². The van der Waals surface area contributed by atoms with E-state index in [1.165, 1.54) is 6.20 Å². The number of nitriles is 1. The monoisotopic (exact) mass is 395 g/mol. The molecule has 0 saturated heterocycles. The van der Waals surface area contributed by atoms with Crippen molar-refractivity contribution in [2.24, 2.45) is 4.99 Å². The quantitative estimate of drug-likeness (QED) is 0.719. The summed E-state index contributed by atoms with van der Waals surface area (Å²) < 4.78 is 0. The van der Waals surface area contributed by atoms with Gasteiger partial charge in [0.05, 0.1) is 17.8 Å². The van der Waals surface area contributed by atoms with Crippen LogP contribution in [0.4, 0.5) is 5.69 Å². The molecule has 30 heavy (non-hydrogen) atoms. The van der Waals surface area contributed by atoms with E-state index in [-0.39, 0.29) is 5.91 Å². The fraction of sp³-hybridized carbons (Fsp3) is 0.208. The lowest BCUT2D eigenvalue weighted by molar-refractivity contribution is 0.102. The average molecular weight is 395 g/mol. The van der Waals surface area contributed by atoms with E-state index < -0.39 is 0 Å². The Hall–Kier alpha value is -3.85. The van der Waals surface area contributed by atoms with Crippen LogP contribution in [0.2, 0.25) is 0 Å². The molecule has 1 aliphatic rings. The van der Waals surface area contributed by atoms with Crippen LogP contribution in [0, 0.1) is 25.2 Å². The molecule has 0 unspecified atom stereocenters. The highest BCUT2D eigenvalue weighted by Gasteiger charge is 2.20. The molecule has 4 rings (SSSR count). The summed E-state index contributed by atoms with van der Waals surface area (Å²) in [6.45, 7) is 6.33. The molecule has 1 aromatic carbocycles. The number of hydrogen-bond donors (Lipinski definition) is 1. The van der Waals surface area contributed by atoms with Crippen LogP contribution < -0.4 is 5.32 Å². The molecule has 3 heterocycles. The van der Waals surface area contributed by atoms with Gasteiger partial charge in [0.25, 0.3) is 5.91 Å². The number of amides is 1. The van der Waals surface area contributed by atoms with Crippen molar-refractivity contribution in [1.82, 2.24) is 9.97 Å². The van der Waals surface area contributed by atoms with E-state index in [4.69, 9.17) is 10.3 Å². The van der Waals surface area contributed by atoms with Crippen molar-refractivity contribution >= 4 is 17.3 Å². The first kappa shape index (κ1) is 19.5. The van der Waals surface area contributed by atoms with Gasteiger partial charge in [-0.3, -0.25) is 14.8 Å². The first-order valence-corrected chi connectivity index (χ1v) is 9.82. The fourth-order valence-electron chi connectivity index (χ4n) is 3.56. The van der Waals surface area contributed by atoms with Crippen molar-refractivity contribution in [2.45, 2.75) is 33.7 Å². The van der Waals surface area contributed by atoms with Crippen molar-refractivity contribution < 1.29 is 4.79 Å². The van der Waals surface area contributed by atoms with E-state index in [1.54, 1.807) is 6.92 Å². The van der Waals surface area contributed by atoms with Gasteiger partial charge in [-0.05, 0) is 61.2 Å². The Labute approximate surface area is 175 Å². The first-order chi connectivity index (χ1) is 14.5. The molecule has 0 spiro atoms. The van der Waals surface area contributed by atoms with Gasteiger partial charge in [-0.1, -0.05) is 13.0 Å². The number of anilines is 1. The summed E-state index contributed by atoms with van der Waals surface area (Å²) in [5, 5.41) is 12.1. The fourth-order valence-corrected chi connectivity index (χ4v) is 3.56. The zero-order chi connectivity index (χ0) is 21.3. The Morgan fingerprint density at radius 1 is 1.17 bits per heavy atom. The molecule has 6 heteroatoms. The van der Waals surface area contributed by atoms with E-state index in [0.29, 0.717) is 29.1 Å². The van der Waals surface area contributed by atoms with Gasteiger partial charge in [-0.25, -0.2) is 4.98 Å². The molecule has 0 fully saturated rings. The van der Waals surface area contributed by atoms with Gasteiger partial charge in [-0.15, -0.1) is 0 Å². The van der Waals surface area contributed by atoms with E-state index in [9.17, 15) is 4.79 Å². The third-order valence-corrected chi connectivity index (χ3v) is 5.46. The van der Waals surface area contributed by atoms with Gasteiger partial charge in [0.15, 0.2) is 0 Å². The summed E-state index contributed by atoms with van der Waals surface area (Å²) in [5.74, 6) is -0.297. The summed E-state index contributed by atoms with van der Waals surface area (Å²) in [6.07, 6.45) is 4.11. The number of carbonyl (C=O) groups is 1. The Balaban J connectivity index is 1.63. The van der Waals surface area contributed by atoms with Gasteiger partial charge >= 0.3 is 0 Å². The van der Waals surface area contributed by atoms with Crippen molar-refractivity contribution in [3.8, 4) is 6.07 Å². The summed E-state index contributed by atoms with van der Waals surface area (Å²) in [5.41, 5.74) is 8.07. The molecular weight excluding hydrogens is 374 g/mol. The third kappa shape index (κ3) is 3.46. The number of benzene rings is 1.